The van der Waals surface area contributed by atoms with Crippen LogP contribution < -0.4 is 9.64 Å². The molecular weight excluding hydrogens is 426 g/mol. The van der Waals surface area contributed by atoms with Crippen LogP contribution in [0.1, 0.15) is 27.8 Å². The fraction of sp³-hybridized carbons (Fsp3) is 0.172. The Hall–Kier alpha value is -4.12. The number of nitrogens with zero attached hydrogens (tertiary/aromatic N) is 1. The molecule has 5 nitrogen and oxygen atoms in total. The molecule has 0 heterocycles. The first-order valence-electron chi connectivity index (χ1n) is 11.1. The number of hydrogen-bond donors (Lipinski definition) is 3. The molecule has 4 aromatic carbocycles. The highest BCUT2D eigenvalue weighted by Crippen LogP contribution is 2.49. The van der Waals surface area contributed by atoms with Gasteiger partial charge in [0.15, 0.2) is 11.5 Å². The van der Waals surface area contributed by atoms with Gasteiger partial charge in [0.05, 0.1) is 17.1 Å². The van der Waals surface area contributed by atoms with Crippen LogP contribution >= 0.6 is 0 Å². The van der Waals surface area contributed by atoms with Gasteiger partial charge in [-0.05, 0) is 80.6 Å². The number of aryl methyl sites for hydroxylation is 5. The molecular formula is C29H29NO4. The molecule has 0 aliphatic heterocycles. The third-order valence-electron chi connectivity index (χ3n) is 6.06. The minimum absolute atomic E-state index is 0.0871. The molecule has 0 saturated carbocycles. The van der Waals surface area contributed by atoms with E-state index in [-0.39, 0.29) is 17.2 Å². The Bertz CT molecular complexity index is 1320. The number of aromatic hydroxyl groups is 3. The van der Waals surface area contributed by atoms with Gasteiger partial charge in [-0.15, -0.1) is 0 Å². The first-order valence-corrected chi connectivity index (χ1v) is 11.1. The van der Waals surface area contributed by atoms with Crippen molar-refractivity contribution in [2.24, 2.45) is 0 Å². The molecule has 4 rings (SSSR count). The Labute approximate surface area is 200 Å². The monoisotopic (exact) mass is 455 g/mol. The highest BCUT2D eigenvalue weighted by molar-refractivity contribution is 5.87. The molecule has 0 aliphatic rings. The van der Waals surface area contributed by atoms with Crippen LogP contribution in [-0.4, -0.2) is 15.3 Å². The Morgan fingerprint density at radius 2 is 1.06 bits per heavy atom. The van der Waals surface area contributed by atoms with Gasteiger partial charge in [-0.3, -0.25) is 0 Å². The number of rotatable bonds is 5. The summed E-state index contributed by atoms with van der Waals surface area (Å²) < 4.78 is 6.02. The smallest absolute Gasteiger partial charge is 0.169 e. The van der Waals surface area contributed by atoms with Crippen LogP contribution in [0.25, 0.3) is 0 Å². The summed E-state index contributed by atoms with van der Waals surface area (Å²) in [7, 11) is 0. The summed E-state index contributed by atoms with van der Waals surface area (Å²) in [5.74, 6) is 1.24. The molecule has 0 fully saturated rings. The SMILES string of the molecule is Cc1cccc(Oc2cccc(N(c3c(C)ccc(C)c3O)c3c(C)ccc(C)c3O)c2)c1O. The van der Waals surface area contributed by atoms with Crippen molar-refractivity contribution in [3.05, 3.63) is 94.5 Å². The lowest BCUT2D eigenvalue weighted by molar-refractivity contribution is 0.408. The zero-order valence-electron chi connectivity index (χ0n) is 20.0. The van der Waals surface area contributed by atoms with E-state index in [9.17, 15) is 15.3 Å². The van der Waals surface area contributed by atoms with E-state index < -0.39 is 0 Å². The fourth-order valence-electron chi connectivity index (χ4n) is 4.02. The molecule has 0 radical (unpaired) electrons. The van der Waals surface area contributed by atoms with Gasteiger partial charge < -0.3 is 25.0 Å². The summed E-state index contributed by atoms with van der Waals surface area (Å²) in [5.41, 5.74) is 5.74. The highest BCUT2D eigenvalue weighted by atomic mass is 16.5. The molecule has 174 valence electrons. The van der Waals surface area contributed by atoms with Crippen molar-refractivity contribution < 1.29 is 20.1 Å². The third kappa shape index (κ3) is 4.13. The third-order valence-corrected chi connectivity index (χ3v) is 6.06. The zero-order valence-corrected chi connectivity index (χ0v) is 20.0. The van der Waals surface area contributed by atoms with E-state index in [2.05, 4.69) is 0 Å². The summed E-state index contributed by atoms with van der Waals surface area (Å²) in [4.78, 5) is 1.86. The second-order valence-corrected chi connectivity index (χ2v) is 8.65. The van der Waals surface area contributed by atoms with Gasteiger partial charge in [0, 0.05) is 6.07 Å². The van der Waals surface area contributed by atoms with Crippen molar-refractivity contribution in [3.63, 3.8) is 0 Å². The number of para-hydroxylation sites is 1. The molecule has 0 atom stereocenters. The van der Waals surface area contributed by atoms with E-state index in [4.69, 9.17) is 4.74 Å². The van der Waals surface area contributed by atoms with Gasteiger partial charge in [-0.1, -0.05) is 42.5 Å². The van der Waals surface area contributed by atoms with Crippen LogP contribution in [-0.2, 0) is 0 Å². The van der Waals surface area contributed by atoms with Crippen LogP contribution in [0.2, 0.25) is 0 Å². The molecule has 34 heavy (non-hydrogen) atoms. The molecule has 4 aromatic rings. The molecule has 5 heteroatoms. The largest absolute Gasteiger partial charge is 0.505 e. The first-order chi connectivity index (χ1) is 16.2. The Balaban J connectivity index is 1.93. The van der Waals surface area contributed by atoms with Gasteiger partial charge in [-0.2, -0.15) is 0 Å². The Morgan fingerprint density at radius 1 is 0.559 bits per heavy atom. The quantitative estimate of drug-likeness (QED) is 0.289. The topological polar surface area (TPSA) is 73.2 Å². The zero-order chi connectivity index (χ0) is 24.6. The standard InChI is InChI=1S/C29H29NO4/c1-17-12-14-20(4)28(32)25(17)30(26-18(2)13-15-21(5)29(26)33)22-9-7-10-23(16-22)34-24-11-6-8-19(3)27(24)31/h6-16,31-33H,1-5H3. The van der Waals surface area contributed by atoms with E-state index in [0.717, 1.165) is 27.8 Å². The van der Waals surface area contributed by atoms with Crippen molar-refractivity contribution in [3.8, 4) is 28.7 Å². The van der Waals surface area contributed by atoms with E-state index in [1.807, 2.05) is 94.1 Å². The number of benzene rings is 4. The van der Waals surface area contributed by atoms with Gasteiger partial charge in [-0.25, -0.2) is 0 Å². The number of hydrogen-bond acceptors (Lipinski definition) is 5. The second kappa shape index (κ2) is 9.02. The average molecular weight is 456 g/mol. The Kier molecular flexibility index (Phi) is 6.12. The predicted octanol–water partition coefficient (Wildman–Crippen LogP) is 7.61. The molecule has 0 aromatic heterocycles. The van der Waals surface area contributed by atoms with Crippen LogP contribution in [0.4, 0.5) is 17.1 Å². The van der Waals surface area contributed by atoms with E-state index >= 15 is 0 Å². The lowest BCUT2D eigenvalue weighted by atomic mass is 10.0. The van der Waals surface area contributed by atoms with Crippen molar-refractivity contribution in [2.45, 2.75) is 34.6 Å². The maximum atomic E-state index is 11.1. The molecule has 3 N–H and O–H groups in total. The first kappa shape index (κ1) is 23.1. The van der Waals surface area contributed by atoms with Crippen LogP contribution in [0.5, 0.6) is 28.7 Å². The van der Waals surface area contributed by atoms with Gasteiger partial charge in [0.1, 0.15) is 17.2 Å². The molecule has 0 spiro atoms. The number of anilines is 3. The van der Waals surface area contributed by atoms with E-state index in [0.29, 0.717) is 28.6 Å². The van der Waals surface area contributed by atoms with Crippen LogP contribution in [0.3, 0.4) is 0 Å². The summed E-state index contributed by atoms with van der Waals surface area (Å²) in [6.45, 7) is 9.36. The normalized spacial score (nSPS) is 10.9. The van der Waals surface area contributed by atoms with E-state index in [1.54, 1.807) is 12.1 Å². The van der Waals surface area contributed by atoms with Gasteiger partial charge in [0.25, 0.3) is 0 Å². The fourth-order valence-corrected chi connectivity index (χ4v) is 4.02. The summed E-state index contributed by atoms with van der Waals surface area (Å²) >= 11 is 0. The molecule has 0 amide bonds. The van der Waals surface area contributed by atoms with Crippen molar-refractivity contribution >= 4 is 17.1 Å². The van der Waals surface area contributed by atoms with Crippen molar-refractivity contribution in [2.75, 3.05) is 4.90 Å². The molecule has 0 bridgehead atoms. The predicted molar refractivity (Wildman–Crippen MR) is 136 cm³/mol. The summed E-state index contributed by atoms with van der Waals surface area (Å²) in [6.07, 6.45) is 0. The molecule has 0 saturated heterocycles. The average Bonchev–Trinajstić information content (AvgIpc) is 2.81. The van der Waals surface area contributed by atoms with Crippen molar-refractivity contribution in [1.82, 2.24) is 0 Å². The van der Waals surface area contributed by atoms with Crippen LogP contribution in [0.15, 0.2) is 66.7 Å². The molecule has 0 aliphatic carbocycles. The summed E-state index contributed by atoms with van der Waals surface area (Å²) in [6, 6.07) is 20.3. The van der Waals surface area contributed by atoms with E-state index in [1.165, 1.54) is 0 Å². The van der Waals surface area contributed by atoms with Gasteiger partial charge in [0.2, 0.25) is 0 Å². The number of phenols is 3. The minimum Gasteiger partial charge on any atom is -0.505 e. The van der Waals surface area contributed by atoms with Crippen molar-refractivity contribution in [1.29, 1.82) is 0 Å². The maximum absolute atomic E-state index is 11.1. The van der Waals surface area contributed by atoms with Gasteiger partial charge >= 0.3 is 0 Å². The highest BCUT2D eigenvalue weighted by Gasteiger charge is 2.25. The summed E-state index contributed by atoms with van der Waals surface area (Å²) in [5, 5.41) is 32.6. The number of ether oxygens (including phenoxy) is 1. The second-order valence-electron chi connectivity index (χ2n) is 8.65. The van der Waals surface area contributed by atoms with Crippen LogP contribution in [0, 0.1) is 34.6 Å². The molecule has 0 unspecified atom stereocenters. The Morgan fingerprint density at radius 3 is 1.65 bits per heavy atom. The maximum Gasteiger partial charge on any atom is 0.169 e. The lowest BCUT2D eigenvalue weighted by Gasteiger charge is -2.30. The lowest BCUT2D eigenvalue weighted by Crippen LogP contribution is -2.14. The number of phenolic OH excluding ortho intramolecular Hbond substituents is 3. The minimum atomic E-state index is 0.0871.